The van der Waals surface area contributed by atoms with Gasteiger partial charge in [-0.15, -0.1) is 0 Å². The molecule has 1 unspecified atom stereocenters. The minimum absolute atomic E-state index is 0.0837. The van der Waals surface area contributed by atoms with Crippen molar-refractivity contribution in [3.63, 3.8) is 0 Å². The molecular formula is C17H24O3. The Morgan fingerprint density at radius 1 is 1.25 bits per heavy atom. The van der Waals surface area contributed by atoms with Crippen molar-refractivity contribution in [3.8, 4) is 11.5 Å². The van der Waals surface area contributed by atoms with Crippen LogP contribution in [-0.2, 0) is 11.2 Å². The van der Waals surface area contributed by atoms with Crippen molar-refractivity contribution >= 4 is 5.97 Å². The van der Waals surface area contributed by atoms with Crippen LogP contribution >= 0.6 is 0 Å². The third kappa shape index (κ3) is 2.41. The summed E-state index contributed by atoms with van der Waals surface area (Å²) in [7, 11) is 0. The lowest BCUT2D eigenvalue weighted by Crippen LogP contribution is -2.36. The molecule has 0 N–H and O–H groups in total. The third-order valence-electron chi connectivity index (χ3n) is 4.56. The van der Waals surface area contributed by atoms with Crippen molar-refractivity contribution in [1.29, 1.82) is 0 Å². The van der Waals surface area contributed by atoms with E-state index in [0.717, 1.165) is 41.7 Å². The predicted octanol–water partition coefficient (Wildman–Crippen LogP) is 4.03. The van der Waals surface area contributed by atoms with E-state index in [1.54, 1.807) is 0 Å². The maximum Gasteiger partial charge on any atom is 0.308 e. The number of hydrogen-bond donors (Lipinski definition) is 0. The van der Waals surface area contributed by atoms with Gasteiger partial charge in [0.05, 0.1) is 0 Å². The van der Waals surface area contributed by atoms with E-state index >= 15 is 0 Å². The molecule has 1 aromatic carbocycles. The molecule has 0 amide bonds. The smallest absolute Gasteiger partial charge is 0.308 e. The lowest BCUT2D eigenvalue weighted by atomic mass is 9.86. The lowest BCUT2D eigenvalue weighted by molar-refractivity contribution is -0.132. The highest BCUT2D eigenvalue weighted by Crippen LogP contribution is 2.44. The van der Waals surface area contributed by atoms with Crippen LogP contribution in [0.1, 0.15) is 55.9 Å². The zero-order chi connectivity index (χ0) is 15.1. The minimum Gasteiger partial charge on any atom is -0.487 e. The maximum absolute atomic E-state index is 11.3. The molecule has 20 heavy (non-hydrogen) atoms. The van der Waals surface area contributed by atoms with Crippen LogP contribution < -0.4 is 9.47 Å². The topological polar surface area (TPSA) is 35.5 Å². The number of benzene rings is 1. The van der Waals surface area contributed by atoms with E-state index in [2.05, 4.69) is 13.8 Å². The van der Waals surface area contributed by atoms with E-state index in [4.69, 9.17) is 9.47 Å². The molecule has 0 saturated heterocycles. The molecule has 2 rings (SSSR count). The second-order valence-corrected chi connectivity index (χ2v) is 6.01. The Morgan fingerprint density at radius 2 is 1.90 bits per heavy atom. The molecule has 0 fully saturated rings. The molecule has 1 aliphatic rings. The van der Waals surface area contributed by atoms with Crippen LogP contribution in [-0.4, -0.2) is 11.6 Å². The summed E-state index contributed by atoms with van der Waals surface area (Å²) in [4.78, 5) is 11.3. The minimum atomic E-state index is -0.273. The lowest BCUT2D eigenvalue weighted by Gasteiger charge is -2.37. The molecule has 3 heteroatoms. The second kappa shape index (κ2) is 5.12. The molecule has 3 nitrogen and oxygen atoms in total. The van der Waals surface area contributed by atoms with Crippen molar-refractivity contribution in [1.82, 2.24) is 0 Å². The normalized spacial score (nSPS) is 21.1. The van der Waals surface area contributed by atoms with Gasteiger partial charge in [-0.2, -0.15) is 0 Å². The molecule has 0 saturated carbocycles. The fourth-order valence-corrected chi connectivity index (χ4v) is 2.83. The van der Waals surface area contributed by atoms with Crippen LogP contribution in [0, 0.1) is 20.8 Å². The van der Waals surface area contributed by atoms with Gasteiger partial charge in [0.15, 0.2) is 0 Å². The number of esters is 1. The van der Waals surface area contributed by atoms with Crippen molar-refractivity contribution < 1.29 is 14.3 Å². The molecule has 1 atom stereocenters. The van der Waals surface area contributed by atoms with Gasteiger partial charge >= 0.3 is 5.97 Å². The van der Waals surface area contributed by atoms with Crippen LogP contribution in [0.3, 0.4) is 0 Å². The van der Waals surface area contributed by atoms with Gasteiger partial charge < -0.3 is 9.47 Å². The van der Waals surface area contributed by atoms with Crippen LogP contribution in [0.15, 0.2) is 0 Å². The monoisotopic (exact) mass is 276 g/mol. The summed E-state index contributed by atoms with van der Waals surface area (Å²) in [5.74, 6) is 1.43. The van der Waals surface area contributed by atoms with Gasteiger partial charge in [0.2, 0.25) is 0 Å². The Hall–Kier alpha value is -1.51. The molecule has 1 heterocycles. The summed E-state index contributed by atoms with van der Waals surface area (Å²) in [6.07, 6.45) is 2.97. The number of hydrogen-bond acceptors (Lipinski definition) is 3. The molecule has 0 spiro atoms. The molecule has 0 radical (unpaired) electrons. The Bertz CT molecular complexity index is 560. The number of ether oxygens (including phenoxy) is 2. The Labute approximate surface area is 121 Å². The zero-order valence-electron chi connectivity index (χ0n) is 13.3. The first-order valence-electron chi connectivity index (χ1n) is 7.29. The van der Waals surface area contributed by atoms with Crippen molar-refractivity contribution in [2.24, 2.45) is 0 Å². The highest BCUT2D eigenvalue weighted by atomic mass is 16.5. The van der Waals surface area contributed by atoms with Crippen LogP contribution in [0.2, 0.25) is 0 Å². The van der Waals surface area contributed by atoms with Gasteiger partial charge in [0.25, 0.3) is 0 Å². The first-order chi connectivity index (χ1) is 9.29. The number of carbonyl (C=O) groups excluding carboxylic acids is 1. The molecular weight excluding hydrogens is 252 g/mol. The standard InChI is InChI=1S/C17H24O3/c1-7-17(6)9-8-14-12(4)15(19-13(5)18)10(2)11(3)16(14)20-17/h7-9H2,1-6H3. The van der Waals surface area contributed by atoms with E-state index in [0.29, 0.717) is 5.75 Å². The molecule has 1 aliphatic heterocycles. The molecule has 1 aromatic rings. The van der Waals surface area contributed by atoms with E-state index in [9.17, 15) is 4.79 Å². The maximum atomic E-state index is 11.3. The van der Waals surface area contributed by atoms with Gasteiger partial charge in [0, 0.05) is 12.5 Å². The molecule has 0 aliphatic carbocycles. The predicted molar refractivity (Wildman–Crippen MR) is 79.6 cm³/mol. The zero-order valence-corrected chi connectivity index (χ0v) is 13.3. The van der Waals surface area contributed by atoms with Gasteiger partial charge in [-0.1, -0.05) is 6.92 Å². The third-order valence-corrected chi connectivity index (χ3v) is 4.56. The van der Waals surface area contributed by atoms with Crippen molar-refractivity contribution in [2.75, 3.05) is 0 Å². The van der Waals surface area contributed by atoms with Crippen LogP contribution in [0.4, 0.5) is 0 Å². The van der Waals surface area contributed by atoms with Gasteiger partial charge in [-0.25, -0.2) is 0 Å². The van der Waals surface area contributed by atoms with Gasteiger partial charge in [-0.3, -0.25) is 4.79 Å². The summed E-state index contributed by atoms with van der Waals surface area (Å²) in [5.41, 5.74) is 4.23. The number of carbonyl (C=O) groups is 1. The fraction of sp³-hybridized carbons (Fsp3) is 0.588. The molecule has 0 aromatic heterocycles. The van der Waals surface area contributed by atoms with E-state index in [1.807, 2.05) is 20.8 Å². The van der Waals surface area contributed by atoms with Gasteiger partial charge in [-0.05, 0) is 63.6 Å². The summed E-state index contributed by atoms with van der Waals surface area (Å²) in [6, 6.07) is 0. The first kappa shape index (κ1) is 14.9. The Kier molecular flexibility index (Phi) is 3.81. The van der Waals surface area contributed by atoms with E-state index in [-0.39, 0.29) is 11.6 Å². The summed E-state index contributed by atoms with van der Waals surface area (Å²) in [6.45, 7) is 11.8. The van der Waals surface area contributed by atoms with Gasteiger partial charge in [0.1, 0.15) is 17.1 Å². The summed E-state index contributed by atoms with van der Waals surface area (Å²) in [5, 5.41) is 0. The molecule has 110 valence electrons. The summed E-state index contributed by atoms with van der Waals surface area (Å²) >= 11 is 0. The molecule has 0 bridgehead atoms. The summed E-state index contributed by atoms with van der Waals surface area (Å²) < 4.78 is 11.7. The number of fused-ring (bicyclic) bond motifs is 1. The second-order valence-electron chi connectivity index (χ2n) is 6.01. The quantitative estimate of drug-likeness (QED) is 0.604. The SMILES string of the molecule is CCC1(C)CCc2c(C)c(OC(C)=O)c(C)c(C)c2O1. The largest absolute Gasteiger partial charge is 0.487 e. The Morgan fingerprint density at radius 3 is 2.45 bits per heavy atom. The fourth-order valence-electron chi connectivity index (χ4n) is 2.83. The average molecular weight is 276 g/mol. The highest BCUT2D eigenvalue weighted by Gasteiger charge is 2.33. The Balaban J connectivity index is 2.57. The first-order valence-corrected chi connectivity index (χ1v) is 7.29. The van der Waals surface area contributed by atoms with E-state index in [1.165, 1.54) is 12.5 Å². The van der Waals surface area contributed by atoms with Crippen LogP contribution in [0.5, 0.6) is 11.5 Å². The van der Waals surface area contributed by atoms with Crippen molar-refractivity contribution in [3.05, 3.63) is 22.3 Å². The van der Waals surface area contributed by atoms with Crippen molar-refractivity contribution in [2.45, 2.75) is 66.4 Å². The van der Waals surface area contributed by atoms with Crippen LogP contribution in [0.25, 0.3) is 0 Å². The number of rotatable bonds is 2. The highest BCUT2D eigenvalue weighted by molar-refractivity contribution is 5.72. The van der Waals surface area contributed by atoms with E-state index < -0.39 is 0 Å². The average Bonchev–Trinajstić information content (AvgIpc) is 2.41.